The quantitative estimate of drug-likeness (QED) is 0.234. The number of hydrogen-bond acceptors (Lipinski definition) is 5. The van der Waals surface area contributed by atoms with Crippen molar-refractivity contribution in [2.24, 2.45) is 5.92 Å². The molecule has 0 aliphatic heterocycles. The summed E-state index contributed by atoms with van der Waals surface area (Å²) in [7, 11) is 1.87. The number of ketones is 1. The summed E-state index contributed by atoms with van der Waals surface area (Å²) in [6, 6.07) is 24.4. The molecule has 3 aromatic carbocycles. The molecule has 0 aromatic heterocycles. The fourth-order valence-electron chi connectivity index (χ4n) is 4.45. The van der Waals surface area contributed by atoms with Crippen molar-refractivity contribution >= 4 is 29.2 Å². The van der Waals surface area contributed by atoms with Crippen molar-refractivity contribution in [3.63, 3.8) is 0 Å². The number of para-hydroxylation sites is 2. The zero-order valence-electron chi connectivity index (χ0n) is 19.9. The van der Waals surface area contributed by atoms with Gasteiger partial charge in [0.25, 0.3) is 0 Å². The normalized spacial score (nSPS) is 14.7. The number of anilines is 2. The van der Waals surface area contributed by atoms with E-state index in [1.807, 2.05) is 84.9 Å². The molecule has 0 spiro atoms. The molecule has 1 unspecified atom stereocenters. The fourth-order valence-corrected chi connectivity index (χ4v) is 4.45. The lowest BCUT2D eigenvalue weighted by Crippen LogP contribution is -2.48. The third-order valence-corrected chi connectivity index (χ3v) is 6.08. The van der Waals surface area contributed by atoms with E-state index in [0.717, 1.165) is 41.8 Å². The molecule has 4 rings (SSSR count). The van der Waals surface area contributed by atoms with Crippen LogP contribution < -0.4 is 15.1 Å². The Morgan fingerprint density at radius 2 is 1.54 bits per heavy atom. The van der Waals surface area contributed by atoms with Gasteiger partial charge in [-0.05, 0) is 66.6 Å². The third-order valence-electron chi connectivity index (χ3n) is 6.08. The molecule has 0 saturated heterocycles. The van der Waals surface area contributed by atoms with Crippen LogP contribution in [0.15, 0.2) is 78.9 Å². The van der Waals surface area contributed by atoms with Gasteiger partial charge < -0.3 is 4.74 Å². The minimum Gasteiger partial charge on any atom is -0.421 e. The van der Waals surface area contributed by atoms with Gasteiger partial charge in [-0.25, -0.2) is 14.6 Å². The van der Waals surface area contributed by atoms with Crippen LogP contribution in [0.1, 0.15) is 24.5 Å². The highest BCUT2D eigenvalue weighted by Gasteiger charge is 2.25. The van der Waals surface area contributed by atoms with E-state index in [0.29, 0.717) is 18.2 Å². The summed E-state index contributed by atoms with van der Waals surface area (Å²) in [6.07, 6.45) is 2.41. The zero-order chi connectivity index (χ0) is 24.8. The molecule has 0 saturated carbocycles. The molecular formula is C28H29N3O4. The first kappa shape index (κ1) is 24.2. The lowest BCUT2D eigenvalue weighted by molar-refractivity contribution is -0.146. The van der Waals surface area contributed by atoms with Crippen molar-refractivity contribution in [2.75, 3.05) is 18.5 Å². The molecule has 3 aromatic rings. The third kappa shape index (κ3) is 5.94. The minimum atomic E-state index is -0.843. The maximum atomic E-state index is 13.3. The average Bonchev–Trinajstić information content (AvgIpc) is 2.85. The Labute approximate surface area is 205 Å². The van der Waals surface area contributed by atoms with E-state index in [9.17, 15) is 14.4 Å². The number of nitrogens with zero attached hydrogens (tertiary/aromatic N) is 2. The van der Waals surface area contributed by atoms with Crippen molar-refractivity contribution in [2.45, 2.75) is 26.2 Å². The van der Waals surface area contributed by atoms with Gasteiger partial charge in [-0.2, -0.15) is 0 Å². The van der Waals surface area contributed by atoms with Gasteiger partial charge in [0.2, 0.25) is 5.78 Å². The van der Waals surface area contributed by atoms with Crippen LogP contribution in [-0.4, -0.2) is 36.4 Å². The molecular weight excluding hydrogens is 442 g/mol. The van der Waals surface area contributed by atoms with Crippen molar-refractivity contribution in [1.82, 2.24) is 10.4 Å². The molecule has 0 heterocycles. The van der Waals surface area contributed by atoms with Gasteiger partial charge in [0.05, 0.1) is 11.4 Å². The lowest BCUT2D eigenvalue weighted by Gasteiger charge is -2.31. The highest BCUT2D eigenvalue weighted by Crippen LogP contribution is 2.32. The van der Waals surface area contributed by atoms with Crippen LogP contribution in [0.3, 0.4) is 0 Å². The molecule has 7 heteroatoms. The molecule has 0 bridgehead atoms. The summed E-state index contributed by atoms with van der Waals surface area (Å²) in [5.41, 5.74) is 6.65. The number of amides is 2. The predicted octanol–water partition coefficient (Wildman–Crippen LogP) is 4.68. The maximum Gasteiger partial charge on any atom is 0.379 e. The van der Waals surface area contributed by atoms with E-state index >= 15 is 0 Å². The second-order valence-corrected chi connectivity index (χ2v) is 8.75. The van der Waals surface area contributed by atoms with Gasteiger partial charge in [-0.15, -0.1) is 0 Å². The molecule has 2 amide bonds. The number of carbonyl (C=O) groups excluding carboxylic acids is 3. The number of benzene rings is 3. The number of rotatable bonds is 7. The molecule has 1 atom stereocenters. The fraction of sp³-hybridized carbons (Fsp3) is 0.250. The molecule has 0 fully saturated rings. The number of carbonyl (C=O) groups is 3. The number of urea groups is 1. The Kier molecular flexibility index (Phi) is 7.57. The number of esters is 1. The smallest absolute Gasteiger partial charge is 0.379 e. The molecule has 7 nitrogen and oxygen atoms in total. The molecule has 180 valence electrons. The van der Waals surface area contributed by atoms with Crippen molar-refractivity contribution in [3.8, 4) is 5.75 Å². The number of hydrazine groups is 1. The summed E-state index contributed by atoms with van der Waals surface area (Å²) in [5, 5.41) is 1.83. The van der Waals surface area contributed by atoms with E-state index in [-0.39, 0.29) is 6.03 Å². The highest BCUT2D eigenvalue weighted by molar-refractivity contribution is 6.33. The maximum absolute atomic E-state index is 13.3. The molecule has 0 radical (unpaired) electrons. The topological polar surface area (TPSA) is 79.0 Å². The number of ether oxygens (including phenoxy) is 1. The van der Waals surface area contributed by atoms with E-state index in [2.05, 4.69) is 5.43 Å². The number of Topliss-reactive ketones (excluding diaryl/α,β-unsaturated/α-hetero) is 1. The van der Waals surface area contributed by atoms with Gasteiger partial charge in [0.1, 0.15) is 5.75 Å². The van der Waals surface area contributed by atoms with E-state index in [4.69, 9.17) is 4.74 Å². The zero-order valence-corrected chi connectivity index (χ0v) is 19.9. The summed E-state index contributed by atoms with van der Waals surface area (Å²) >= 11 is 0. The molecule has 35 heavy (non-hydrogen) atoms. The number of fused-ring (bicyclic) bond motifs is 1. The van der Waals surface area contributed by atoms with Crippen LogP contribution in [0, 0.1) is 5.92 Å². The number of nitrogens with one attached hydrogen (secondary N) is 1. The van der Waals surface area contributed by atoms with Crippen LogP contribution >= 0.6 is 0 Å². The molecule has 1 aliphatic carbocycles. The first-order valence-electron chi connectivity index (χ1n) is 11.7. The summed E-state index contributed by atoms with van der Waals surface area (Å²) in [6.45, 7) is 1.87. The Balaban J connectivity index is 1.42. The van der Waals surface area contributed by atoms with Gasteiger partial charge in [-0.1, -0.05) is 48.5 Å². The van der Waals surface area contributed by atoms with E-state index in [1.165, 1.54) is 6.92 Å². The molecule has 1 N–H and O–H groups in total. The monoisotopic (exact) mass is 471 g/mol. The Morgan fingerprint density at radius 1 is 0.914 bits per heavy atom. The Bertz CT molecular complexity index is 1160. The SMILES string of the molecule is CC(=O)C(=O)Oc1cccc2c1CCC(CN(C)NC(=O)N(c1ccccc1)c1ccccc1)C2. The summed E-state index contributed by atoms with van der Waals surface area (Å²) < 4.78 is 5.29. The van der Waals surface area contributed by atoms with Crippen LogP contribution in [0.4, 0.5) is 16.2 Å². The standard InChI is InChI=1S/C28H29N3O4/c1-20(32)27(33)35-26-15-9-10-22-18-21(16-17-25(22)26)19-30(2)29-28(34)31(23-11-5-3-6-12-23)24-13-7-4-8-14-24/h3-15,21H,16-19H2,1-2H3,(H,29,34). The predicted molar refractivity (Wildman–Crippen MR) is 134 cm³/mol. The Morgan fingerprint density at radius 3 is 2.14 bits per heavy atom. The highest BCUT2D eigenvalue weighted by atomic mass is 16.5. The van der Waals surface area contributed by atoms with Gasteiger partial charge in [-0.3, -0.25) is 15.1 Å². The minimum absolute atomic E-state index is 0.237. The van der Waals surface area contributed by atoms with Gasteiger partial charge in [0.15, 0.2) is 0 Å². The van der Waals surface area contributed by atoms with Crippen LogP contribution in [0.5, 0.6) is 5.75 Å². The van der Waals surface area contributed by atoms with Crippen molar-refractivity contribution in [3.05, 3.63) is 90.0 Å². The Hall–Kier alpha value is -3.97. The van der Waals surface area contributed by atoms with Crippen molar-refractivity contribution < 1.29 is 19.1 Å². The summed E-state index contributed by atoms with van der Waals surface area (Å²) in [4.78, 5) is 38.0. The largest absolute Gasteiger partial charge is 0.421 e. The van der Waals surface area contributed by atoms with Crippen LogP contribution in [0.25, 0.3) is 0 Å². The second kappa shape index (κ2) is 11.0. The second-order valence-electron chi connectivity index (χ2n) is 8.75. The number of hydrogen-bond donors (Lipinski definition) is 1. The summed E-state index contributed by atoms with van der Waals surface area (Å²) in [5.74, 6) is -0.685. The lowest BCUT2D eigenvalue weighted by atomic mass is 9.83. The van der Waals surface area contributed by atoms with E-state index < -0.39 is 11.8 Å². The molecule has 1 aliphatic rings. The van der Waals surface area contributed by atoms with Crippen molar-refractivity contribution in [1.29, 1.82) is 0 Å². The van der Waals surface area contributed by atoms with Crippen LogP contribution in [0.2, 0.25) is 0 Å². The average molecular weight is 472 g/mol. The van der Waals surface area contributed by atoms with Gasteiger partial charge in [0, 0.05) is 20.5 Å². The van der Waals surface area contributed by atoms with E-state index in [1.54, 1.807) is 11.0 Å². The van der Waals surface area contributed by atoms with Gasteiger partial charge >= 0.3 is 12.0 Å². The first-order valence-corrected chi connectivity index (χ1v) is 11.7. The first-order chi connectivity index (χ1) is 16.9. The van der Waals surface area contributed by atoms with Crippen LogP contribution in [-0.2, 0) is 22.4 Å².